The van der Waals surface area contributed by atoms with Crippen LogP contribution >= 0.6 is 0 Å². The summed E-state index contributed by atoms with van der Waals surface area (Å²) in [5.41, 5.74) is -3.29. The fourth-order valence-electron chi connectivity index (χ4n) is 2.39. The number of hydrogen-bond acceptors (Lipinski definition) is 4. The van der Waals surface area contributed by atoms with Gasteiger partial charge in [-0.2, -0.15) is 21.0 Å². The third-order valence-corrected chi connectivity index (χ3v) is 2.98. The van der Waals surface area contributed by atoms with E-state index in [1.54, 1.807) is 0 Å². The molecule has 0 aliphatic heterocycles. The Morgan fingerprint density at radius 1 is 0.733 bits per heavy atom. The van der Waals surface area contributed by atoms with E-state index >= 15 is 0 Å². The zero-order chi connectivity index (χ0) is 11.7. The van der Waals surface area contributed by atoms with E-state index in [2.05, 4.69) is 0 Å². The highest BCUT2D eigenvalue weighted by molar-refractivity contribution is 5.38. The van der Waals surface area contributed by atoms with Crippen molar-refractivity contribution in [2.75, 3.05) is 0 Å². The van der Waals surface area contributed by atoms with E-state index in [1.165, 1.54) is 0 Å². The average molecular weight is 198 g/mol. The Morgan fingerprint density at radius 3 is 1.20 bits per heavy atom. The molecule has 4 nitrogen and oxygen atoms in total. The minimum atomic E-state index is -1.49. The van der Waals surface area contributed by atoms with Crippen LogP contribution in [0.5, 0.6) is 0 Å². The molecule has 0 aromatic carbocycles. The first-order valence-electron chi connectivity index (χ1n) is 4.56. The normalized spacial score (nSPS) is 24.1. The van der Waals surface area contributed by atoms with E-state index in [9.17, 15) is 0 Å². The molecule has 0 N–H and O–H groups in total. The molecule has 0 heterocycles. The van der Waals surface area contributed by atoms with Gasteiger partial charge in [-0.3, -0.25) is 0 Å². The standard InChI is InChI=1S/C11H10N4/c1-9(2)3-10(5-12,6-13)11(4-9,7-14)8-15/h3-4H2,1-2H3. The highest BCUT2D eigenvalue weighted by atomic mass is 14.6. The van der Waals surface area contributed by atoms with E-state index in [-0.39, 0.29) is 18.3 Å². The van der Waals surface area contributed by atoms with E-state index in [1.807, 2.05) is 38.1 Å². The van der Waals surface area contributed by atoms with Crippen LogP contribution in [-0.4, -0.2) is 0 Å². The van der Waals surface area contributed by atoms with E-state index in [0.717, 1.165) is 0 Å². The van der Waals surface area contributed by atoms with Gasteiger partial charge < -0.3 is 0 Å². The van der Waals surface area contributed by atoms with Crippen molar-refractivity contribution in [1.82, 2.24) is 0 Å². The summed E-state index contributed by atoms with van der Waals surface area (Å²) in [4.78, 5) is 0. The summed E-state index contributed by atoms with van der Waals surface area (Å²) in [6.07, 6.45) is 0.544. The minimum Gasteiger partial charge on any atom is -0.196 e. The largest absolute Gasteiger partial charge is 0.196 e. The molecule has 1 fully saturated rings. The molecule has 0 atom stereocenters. The number of rotatable bonds is 0. The van der Waals surface area contributed by atoms with Gasteiger partial charge in [-0.15, -0.1) is 0 Å². The maximum Gasteiger partial charge on any atom is 0.175 e. The van der Waals surface area contributed by atoms with Gasteiger partial charge in [0.05, 0.1) is 24.3 Å². The van der Waals surface area contributed by atoms with Crippen molar-refractivity contribution in [1.29, 1.82) is 21.0 Å². The van der Waals surface area contributed by atoms with Crippen molar-refractivity contribution in [3.05, 3.63) is 0 Å². The third kappa shape index (κ3) is 1.24. The smallest absolute Gasteiger partial charge is 0.175 e. The van der Waals surface area contributed by atoms with Gasteiger partial charge in [0.15, 0.2) is 10.8 Å². The first kappa shape index (κ1) is 11.0. The quantitative estimate of drug-likeness (QED) is 0.593. The maximum atomic E-state index is 9.07. The van der Waals surface area contributed by atoms with Crippen LogP contribution in [0.4, 0.5) is 0 Å². The Kier molecular flexibility index (Phi) is 2.19. The molecule has 15 heavy (non-hydrogen) atoms. The lowest BCUT2D eigenvalue weighted by molar-refractivity contribution is 0.356. The van der Waals surface area contributed by atoms with Crippen LogP contribution in [0, 0.1) is 61.6 Å². The van der Waals surface area contributed by atoms with Crippen LogP contribution in [0.1, 0.15) is 26.7 Å². The summed E-state index contributed by atoms with van der Waals surface area (Å²) < 4.78 is 0. The Balaban J connectivity index is 3.44. The molecular weight excluding hydrogens is 188 g/mol. The molecule has 0 saturated heterocycles. The Bertz CT molecular complexity index is 377. The molecule has 1 aliphatic rings. The second-order valence-corrected chi connectivity index (χ2v) is 4.78. The highest BCUT2D eigenvalue weighted by Crippen LogP contribution is 2.59. The highest BCUT2D eigenvalue weighted by Gasteiger charge is 2.63. The fourth-order valence-corrected chi connectivity index (χ4v) is 2.39. The molecule has 0 spiro atoms. The van der Waals surface area contributed by atoms with Gasteiger partial charge in [0.2, 0.25) is 0 Å². The molecule has 4 heteroatoms. The summed E-state index contributed by atoms with van der Waals surface area (Å²) in [7, 11) is 0. The van der Waals surface area contributed by atoms with E-state index in [0.29, 0.717) is 0 Å². The van der Waals surface area contributed by atoms with Gasteiger partial charge >= 0.3 is 0 Å². The summed E-state index contributed by atoms with van der Waals surface area (Å²) in [5.74, 6) is 0. The molecule has 0 amide bonds. The lowest BCUT2D eigenvalue weighted by atomic mass is 9.69. The predicted octanol–water partition coefficient (Wildman–Crippen LogP) is 1.87. The molecule has 0 bridgehead atoms. The first-order valence-corrected chi connectivity index (χ1v) is 4.56. The molecule has 1 aliphatic carbocycles. The fraction of sp³-hybridized carbons (Fsp3) is 0.636. The Hall–Kier alpha value is -2.04. The predicted molar refractivity (Wildman–Crippen MR) is 50.3 cm³/mol. The van der Waals surface area contributed by atoms with Crippen molar-refractivity contribution in [2.45, 2.75) is 26.7 Å². The monoisotopic (exact) mass is 198 g/mol. The van der Waals surface area contributed by atoms with Gasteiger partial charge in [-0.25, -0.2) is 0 Å². The Labute approximate surface area is 89.0 Å². The van der Waals surface area contributed by atoms with Crippen LogP contribution in [-0.2, 0) is 0 Å². The van der Waals surface area contributed by atoms with Crippen LogP contribution in [0.15, 0.2) is 0 Å². The third-order valence-electron chi connectivity index (χ3n) is 2.98. The summed E-state index contributed by atoms with van der Waals surface area (Å²) >= 11 is 0. The lowest BCUT2D eigenvalue weighted by Gasteiger charge is -2.21. The van der Waals surface area contributed by atoms with Gasteiger partial charge in [-0.1, -0.05) is 13.8 Å². The zero-order valence-electron chi connectivity index (χ0n) is 8.70. The van der Waals surface area contributed by atoms with Gasteiger partial charge in [-0.05, 0) is 18.3 Å². The summed E-state index contributed by atoms with van der Waals surface area (Å²) in [6, 6.07) is 7.48. The van der Waals surface area contributed by atoms with Crippen LogP contribution in [0.2, 0.25) is 0 Å². The zero-order valence-corrected chi connectivity index (χ0v) is 8.70. The van der Waals surface area contributed by atoms with Gasteiger partial charge in [0.1, 0.15) is 0 Å². The number of hydrogen-bond donors (Lipinski definition) is 0. The van der Waals surface area contributed by atoms with Crippen LogP contribution in [0.25, 0.3) is 0 Å². The topological polar surface area (TPSA) is 95.2 Å². The molecule has 0 radical (unpaired) electrons. The molecule has 0 aromatic heterocycles. The van der Waals surface area contributed by atoms with Crippen LogP contribution in [0.3, 0.4) is 0 Å². The second kappa shape index (κ2) is 2.98. The van der Waals surface area contributed by atoms with Crippen molar-refractivity contribution >= 4 is 0 Å². The van der Waals surface area contributed by atoms with Crippen molar-refractivity contribution in [3.8, 4) is 24.3 Å². The molecule has 0 aromatic rings. The molecular formula is C11H10N4. The van der Waals surface area contributed by atoms with Crippen LogP contribution < -0.4 is 0 Å². The van der Waals surface area contributed by atoms with Crippen molar-refractivity contribution < 1.29 is 0 Å². The van der Waals surface area contributed by atoms with E-state index in [4.69, 9.17) is 21.0 Å². The molecule has 0 unspecified atom stereocenters. The molecule has 1 saturated carbocycles. The number of nitrogens with zero attached hydrogens (tertiary/aromatic N) is 4. The molecule has 74 valence electrons. The average Bonchev–Trinajstić information content (AvgIpc) is 2.46. The minimum absolute atomic E-state index is 0.272. The second-order valence-electron chi connectivity index (χ2n) is 4.78. The van der Waals surface area contributed by atoms with E-state index < -0.39 is 10.8 Å². The molecule has 1 rings (SSSR count). The summed E-state index contributed by atoms with van der Waals surface area (Å²) in [6.45, 7) is 3.74. The Morgan fingerprint density at radius 2 is 1.00 bits per heavy atom. The summed E-state index contributed by atoms with van der Waals surface area (Å²) in [5, 5.41) is 36.3. The first-order chi connectivity index (χ1) is 6.91. The van der Waals surface area contributed by atoms with Gasteiger partial charge in [0.25, 0.3) is 0 Å². The van der Waals surface area contributed by atoms with Crippen molar-refractivity contribution in [3.63, 3.8) is 0 Å². The SMILES string of the molecule is CC1(C)CC(C#N)(C#N)C(C#N)(C#N)C1. The van der Waals surface area contributed by atoms with Gasteiger partial charge in [0, 0.05) is 0 Å². The number of nitriles is 4. The maximum absolute atomic E-state index is 9.07. The van der Waals surface area contributed by atoms with Crippen molar-refractivity contribution in [2.24, 2.45) is 16.2 Å². The lowest BCUT2D eigenvalue weighted by Crippen LogP contribution is -2.32.